The Bertz CT molecular complexity index is 600. The van der Waals surface area contributed by atoms with Crippen LogP contribution in [0.1, 0.15) is 64.0 Å². The smallest absolute Gasteiger partial charge is 0.220 e. The molecule has 2 nitrogen and oxygen atoms in total. The van der Waals surface area contributed by atoms with Crippen LogP contribution in [0.3, 0.4) is 0 Å². The summed E-state index contributed by atoms with van der Waals surface area (Å²) in [7, 11) is 0. The average Bonchev–Trinajstić information content (AvgIpc) is 2.54. The van der Waals surface area contributed by atoms with Crippen LogP contribution in [0, 0.1) is 0 Å². The Hall–Kier alpha value is -1.83. The molecular formula is C20H27NO. The first-order valence-corrected chi connectivity index (χ1v) is 8.49. The highest BCUT2D eigenvalue weighted by atomic mass is 16.1. The maximum Gasteiger partial charge on any atom is 0.220 e. The molecule has 0 aromatic heterocycles. The molecule has 0 saturated heterocycles. The zero-order valence-electron chi connectivity index (χ0n) is 13.8. The number of fused-ring (bicyclic) bond motifs is 1. The van der Waals surface area contributed by atoms with Crippen LogP contribution in [-0.4, -0.2) is 5.91 Å². The highest BCUT2D eigenvalue weighted by Crippen LogP contribution is 2.24. The van der Waals surface area contributed by atoms with Crippen molar-refractivity contribution < 1.29 is 4.79 Å². The molecule has 0 fully saturated rings. The van der Waals surface area contributed by atoms with Crippen molar-refractivity contribution in [1.29, 1.82) is 0 Å². The summed E-state index contributed by atoms with van der Waals surface area (Å²) >= 11 is 0. The minimum atomic E-state index is 0.0502. The maximum absolute atomic E-state index is 12.1. The largest absolute Gasteiger partial charge is 0.350 e. The lowest BCUT2D eigenvalue weighted by Crippen LogP contribution is -2.26. The third kappa shape index (κ3) is 4.59. The lowest BCUT2D eigenvalue weighted by atomic mass is 9.99. The number of nitrogens with one attached hydrogen (secondary N) is 1. The second kappa shape index (κ2) is 8.57. The van der Waals surface area contributed by atoms with Gasteiger partial charge >= 0.3 is 0 Å². The molecule has 1 atom stereocenters. The fraction of sp³-hybridized carbons (Fsp3) is 0.450. The van der Waals surface area contributed by atoms with E-state index >= 15 is 0 Å². The molecule has 0 unspecified atom stereocenters. The molecule has 0 aliphatic carbocycles. The summed E-state index contributed by atoms with van der Waals surface area (Å²) in [5.74, 6) is 0.164. The van der Waals surface area contributed by atoms with Gasteiger partial charge in [-0.2, -0.15) is 0 Å². The van der Waals surface area contributed by atoms with Crippen LogP contribution < -0.4 is 5.32 Å². The number of carbonyl (C=O) groups excluding carboxylic acids is 1. The van der Waals surface area contributed by atoms with Gasteiger partial charge in [0.25, 0.3) is 0 Å². The van der Waals surface area contributed by atoms with Crippen molar-refractivity contribution in [3.05, 3.63) is 48.0 Å². The Morgan fingerprint density at radius 2 is 1.73 bits per heavy atom. The summed E-state index contributed by atoms with van der Waals surface area (Å²) in [4.78, 5) is 12.1. The van der Waals surface area contributed by atoms with Gasteiger partial charge in [-0.1, -0.05) is 75.1 Å². The molecule has 0 bridgehead atoms. The monoisotopic (exact) mass is 297 g/mol. The predicted molar refractivity (Wildman–Crippen MR) is 93.9 cm³/mol. The second-order valence-electron chi connectivity index (χ2n) is 6.02. The number of rotatable bonds is 8. The molecule has 1 N–H and O–H groups in total. The molecular weight excluding hydrogens is 270 g/mol. The average molecular weight is 297 g/mol. The summed E-state index contributed by atoms with van der Waals surface area (Å²) in [6, 6.07) is 14.7. The van der Waals surface area contributed by atoms with Crippen LogP contribution in [0.5, 0.6) is 0 Å². The maximum atomic E-state index is 12.1. The lowest BCUT2D eigenvalue weighted by molar-refractivity contribution is -0.121. The van der Waals surface area contributed by atoms with E-state index in [0.717, 1.165) is 12.8 Å². The Morgan fingerprint density at radius 3 is 2.55 bits per heavy atom. The van der Waals surface area contributed by atoms with Crippen LogP contribution >= 0.6 is 0 Å². The first-order valence-electron chi connectivity index (χ1n) is 8.49. The topological polar surface area (TPSA) is 29.1 Å². The van der Waals surface area contributed by atoms with Gasteiger partial charge in [0.1, 0.15) is 0 Å². The number of hydrogen-bond donors (Lipinski definition) is 1. The highest BCUT2D eigenvalue weighted by Gasteiger charge is 2.11. The van der Waals surface area contributed by atoms with Crippen LogP contribution in [0.25, 0.3) is 10.8 Å². The van der Waals surface area contributed by atoms with Crippen molar-refractivity contribution in [3.8, 4) is 0 Å². The van der Waals surface area contributed by atoms with E-state index in [2.05, 4.69) is 49.5 Å². The Labute approximate surface area is 133 Å². The SMILES string of the molecule is CCCCCCCC(=O)N[C@H](C)c1cccc2ccccc12. The van der Waals surface area contributed by atoms with Crippen molar-refractivity contribution in [1.82, 2.24) is 5.32 Å². The number of hydrogen-bond acceptors (Lipinski definition) is 1. The fourth-order valence-electron chi connectivity index (χ4n) is 2.91. The van der Waals surface area contributed by atoms with Gasteiger partial charge < -0.3 is 5.32 Å². The van der Waals surface area contributed by atoms with Gasteiger partial charge in [-0.25, -0.2) is 0 Å². The third-order valence-corrected chi connectivity index (χ3v) is 4.17. The minimum Gasteiger partial charge on any atom is -0.350 e. The first kappa shape index (κ1) is 16.5. The number of carbonyl (C=O) groups is 1. The summed E-state index contributed by atoms with van der Waals surface area (Å²) in [5, 5.41) is 5.59. The van der Waals surface area contributed by atoms with Gasteiger partial charge in [0.15, 0.2) is 0 Å². The zero-order valence-corrected chi connectivity index (χ0v) is 13.8. The molecule has 2 rings (SSSR count). The van der Waals surface area contributed by atoms with Crippen molar-refractivity contribution in [2.75, 3.05) is 0 Å². The Morgan fingerprint density at radius 1 is 1.00 bits per heavy atom. The minimum absolute atomic E-state index is 0.0502. The molecule has 118 valence electrons. The quantitative estimate of drug-likeness (QED) is 0.651. The molecule has 0 radical (unpaired) electrons. The van der Waals surface area contributed by atoms with Gasteiger partial charge in [-0.05, 0) is 29.7 Å². The van der Waals surface area contributed by atoms with Crippen LogP contribution in [0.15, 0.2) is 42.5 Å². The molecule has 22 heavy (non-hydrogen) atoms. The molecule has 0 heterocycles. The van der Waals surface area contributed by atoms with Gasteiger partial charge in [0, 0.05) is 6.42 Å². The normalized spacial score (nSPS) is 12.3. The van der Waals surface area contributed by atoms with Crippen molar-refractivity contribution in [3.63, 3.8) is 0 Å². The standard InChI is InChI=1S/C20H27NO/c1-3-4-5-6-7-15-20(22)21-16(2)18-14-10-12-17-11-8-9-13-19(17)18/h8-14,16H,3-7,15H2,1-2H3,(H,21,22)/t16-/m1/s1. The Kier molecular flexibility index (Phi) is 6.45. The highest BCUT2D eigenvalue weighted by molar-refractivity contribution is 5.86. The molecule has 0 aliphatic rings. The fourth-order valence-corrected chi connectivity index (χ4v) is 2.91. The van der Waals surface area contributed by atoms with Gasteiger partial charge in [0.2, 0.25) is 5.91 Å². The molecule has 0 saturated carbocycles. The van der Waals surface area contributed by atoms with E-state index in [-0.39, 0.29) is 11.9 Å². The van der Waals surface area contributed by atoms with E-state index in [1.165, 1.54) is 35.6 Å². The number of amides is 1. The van der Waals surface area contributed by atoms with Gasteiger partial charge in [0.05, 0.1) is 6.04 Å². The number of benzene rings is 2. The van der Waals surface area contributed by atoms with Crippen molar-refractivity contribution in [2.24, 2.45) is 0 Å². The van der Waals surface area contributed by atoms with E-state index in [1.54, 1.807) is 0 Å². The first-order chi connectivity index (χ1) is 10.7. The molecule has 2 aromatic rings. The van der Waals surface area contributed by atoms with E-state index in [0.29, 0.717) is 6.42 Å². The van der Waals surface area contributed by atoms with Gasteiger partial charge in [-0.3, -0.25) is 4.79 Å². The molecule has 0 spiro atoms. The van der Waals surface area contributed by atoms with Crippen LogP contribution in [0.2, 0.25) is 0 Å². The predicted octanol–water partition coefficient (Wildman–Crippen LogP) is 5.38. The summed E-state index contributed by atoms with van der Waals surface area (Å²) < 4.78 is 0. The third-order valence-electron chi connectivity index (χ3n) is 4.17. The molecule has 2 aromatic carbocycles. The summed E-state index contributed by atoms with van der Waals surface area (Å²) in [6.07, 6.45) is 6.54. The van der Waals surface area contributed by atoms with E-state index in [4.69, 9.17) is 0 Å². The van der Waals surface area contributed by atoms with E-state index < -0.39 is 0 Å². The summed E-state index contributed by atoms with van der Waals surface area (Å²) in [5.41, 5.74) is 1.19. The van der Waals surface area contributed by atoms with Gasteiger partial charge in [-0.15, -0.1) is 0 Å². The van der Waals surface area contributed by atoms with Crippen LogP contribution in [0.4, 0.5) is 0 Å². The molecule has 0 aliphatic heterocycles. The second-order valence-corrected chi connectivity index (χ2v) is 6.02. The summed E-state index contributed by atoms with van der Waals surface area (Å²) in [6.45, 7) is 4.27. The van der Waals surface area contributed by atoms with Crippen LogP contribution in [-0.2, 0) is 4.79 Å². The van der Waals surface area contributed by atoms with E-state index in [1.807, 2.05) is 12.1 Å². The molecule has 2 heteroatoms. The Balaban J connectivity index is 1.91. The zero-order chi connectivity index (χ0) is 15.8. The lowest BCUT2D eigenvalue weighted by Gasteiger charge is -2.16. The van der Waals surface area contributed by atoms with Crippen molar-refractivity contribution in [2.45, 2.75) is 58.4 Å². The van der Waals surface area contributed by atoms with E-state index in [9.17, 15) is 4.79 Å². The number of unbranched alkanes of at least 4 members (excludes halogenated alkanes) is 4. The molecule has 1 amide bonds. The van der Waals surface area contributed by atoms with Crippen molar-refractivity contribution >= 4 is 16.7 Å².